The molecule has 0 aliphatic rings. The van der Waals surface area contributed by atoms with Gasteiger partial charge in [0.05, 0.1) is 0 Å². The smallest absolute Gasteiger partial charge is 0.301 e. The summed E-state index contributed by atoms with van der Waals surface area (Å²) in [5.74, 6) is -0.815. The molecule has 0 amide bonds. The Morgan fingerprint density at radius 1 is 1.36 bits per heavy atom. The van der Waals surface area contributed by atoms with E-state index in [0.29, 0.717) is 17.2 Å². The highest BCUT2D eigenvalue weighted by molar-refractivity contribution is 6.21. The lowest BCUT2D eigenvalue weighted by Crippen LogP contribution is -2.22. The summed E-state index contributed by atoms with van der Waals surface area (Å²) in [7, 11) is 0. The van der Waals surface area contributed by atoms with E-state index in [9.17, 15) is 4.79 Å². The zero-order chi connectivity index (χ0) is 9.97. The molecule has 2 rings (SSSR count). The van der Waals surface area contributed by atoms with Crippen molar-refractivity contribution in [1.82, 2.24) is 15.2 Å². The second kappa shape index (κ2) is 3.25. The van der Waals surface area contributed by atoms with Crippen LogP contribution in [0.5, 0.6) is 0 Å². The third kappa shape index (κ3) is 1.45. The number of benzene rings is 1. The molecule has 0 unspecified atom stereocenters. The Kier molecular flexibility index (Phi) is 1.94. The Hall–Kier alpha value is -2.24. The summed E-state index contributed by atoms with van der Waals surface area (Å²) < 4.78 is 0. The maximum absolute atomic E-state index is 10.7. The Balaban J connectivity index is 2.35. The van der Waals surface area contributed by atoms with E-state index in [4.69, 9.17) is 5.41 Å². The molecule has 2 aromatic rings. The molecule has 1 aromatic heterocycles. The van der Waals surface area contributed by atoms with Gasteiger partial charge in [-0.3, -0.25) is 4.84 Å². The molecular weight excluding hydrogens is 184 g/mol. The largest absolute Gasteiger partial charge is 0.377 e. The summed E-state index contributed by atoms with van der Waals surface area (Å²) in [6.07, 6.45) is 0.550. The van der Waals surface area contributed by atoms with Crippen LogP contribution in [0, 0.1) is 5.41 Å². The van der Waals surface area contributed by atoms with Gasteiger partial charge in [0.25, 0.3) is 0 Å². The molecule has 0 aliphatic carbocycles. The van der Waals surface area contributed by atoms with Crippen LogP contribution in [0.25, 0.3) is 11.0 Å². The Labute approximate surface area is 78.6 Å². The van der Waals surface area contributed by atoms with E-state index in [-0.39, 0.29) is 0 Å². The first-order chi connectivity index (χ1) is 6.79. The van der Waals surface area contributed by atoms with Crippen LogP contribution in [-0.4, -0.2) is 27.3 Å². The summed E-state index contributed by atoms with van der Waals surface area (Å²) in [6, 6.07) is 7.10. The third-order valence-corrected chi connectivity index (χ3v) is 1.56. The molecule has 0 radical (unpaired) electrons. The third-order valence-electron chi connectivity index (χ3n) is 1.56. The van der Waals surface area contributed by atoms with E-state index in [1.807, 2.05) is 0 Å². The van der Waals surface area contributed by atoms with Crippen molar-refractivity contribution in [2.75, 3.05) is 0 Å². The van der Waals surface area contributed by atoms with E-state index < -0.39 is 5.97 Å². The van der Waals surface area contributed by atoms with Crippen molar-refractivity contribution < 1.29 is 9.63 Å². The highest BCUT2D eigenvalue weighted by atomic mass is 16.7. The number of fused-ring (bicyclic) bond motifs is 1. The van der Waals surface area contributed by atoms with Gasteiger partial charge in [0, 0.05) is 4.96 Å². The monoisotopic (exact) mass is 190 g/mol. The number of hydrogen-bond donors (Lipinski definition) is 1. The van der Waals surface area contributed by atoms with E-state index in [0.717, 1.165) is 4.96 Å². The average molecular weight is 190 g/mol. The summed E-state index contributed by atoms with van der Waals surface area (Å²) >= 11 is 0. The molecule has 14 heavy (non-hydrogen) atoms. The standard InChI is InChI=1S/C8H6N4O2/c9-5-8(13)14-12-10-6-3-1-2-4-7(6)11-12/h1-5,9H. The summed E-state index contributed by atoms with van der Waals surface area (Å²) in [5.41, 5.74) is 1.26. The van der Waals surface area contributed by atoms with E-state index in [1.54, 1.807) is 24.3 Å². The highest BCUT2D eigenvalue weighted by Gasteiger charge is 2.04. The van der Waals surface area contributed by atoms with E-state index in [1.165, 1.54) is 0 Å². The van der Waals surface area contributed by atoms with Crippen LogP contribution in [-0.2, 0) is 4.79 Å². The van der Waals surface area contributed by atoms with Crippen molar-refractivity contribution in [3.8, 4) is 0 Å². The van der Waals surface area contributed by atoms with Crippen LogP contribution in [0.15, 0.2) is 24.3 Å². The fourth-order valence-corrected chi connectivity index (χ4v) is 0.988. The normalized spacial score (nSPS) is 10.0. The summed E-state index contributed by atoms with van der Waals surface area (Å²) in [6.45, 7) is 0. The van der Waals surface area contributed by atoms with Gasteiger partial charge in [-0.05, 0) is 12.1 Å². The molecule has 0 spiro atoms. The second-order valence-corrected chi connectivity index (χ2v) is 2.50. The summed E-state index contributed by atoms with van der Waals surface area (Å²) in [4.78, 5) is 16.1. The second-order valence-electron chi connectivity index (χ2n) is 2.50. The average Bonchev–Trinajstić information content (AvgIpc) is 2.59. The van der Waals surface area contributed by atoms with Gasteiger partial charge in [0.1, 0.15) is 17.2 Å². The van der Waals surface area contributed by atoms with Gasteiger partial charge >= 0.3 is 5.97 Å². The van der Waals surface area contributed by atoms with Crippen molar-refractivity contribution in [3.63, 3.8) is 0 Å². The van der Waals surface area contributed by atoms with Crippen LogP contribution in [0.4, 0.5) is 0 Å². The van der Waals surface area contributed by atoms with Crippen LogP contribution in [0.1, 0.15) is 0 Å². The Morgan fingerprint density at radius 3 is 2.43 bits per heavy atom. The molecule has 0 saturated carbocycles. The van der Waals surface area contributed by atoms with E-state index in [2.05, 4.69) is 15.0 Å². The minimum absolute atomic E-state index is 0.550. The van der Waals surface area contributed by atoms with Gasteiger partial charge < -0.3 is 5.41 Å². The lowest BCUT2D eigenvalue weighted by atomic mass is 10.3. The van der Waals surface area contributed by atoms with Crippen molar-refractivity contribution in [2.24, 2.45) is 0 Å². The number of carbonyl (C=O) groups excluding carboxylic acids is 1. The van der Waals surface area contributed by atoms with Gasteiger partial charge in [0.15, 0.2) is 0 Å². The Bertz CT molecular complexity index is 458. The molecule has 6 heteroatoms. The maximum Gasteiger partial charge on any atom is 0.377 e. The van der Waals surface area contributed by atoms with Gasteiger partial charge in [-0.25, -0.2) is 4.79 Å². The quantitative estimate of drug-likeness (QED) is 0.677. The van der Waals surface area contributed by atoms with Gasteiger partial charge in [-0.1, -0.05) is 12.1 Å². The fraction of sp³-hybridized carbons (Fsp3) is 0. The van der Waals surface area contributed by atoms with Gasteiger partial charge in [-0.2, -0.15) is 0 Å². The number of nitrogens with zero attached hydrogens (tertiary/aromatic N) is 3. The van der Waals surface area contributed by atoms with Crippen molar-refractivity contribution in [2.45, 2.75) is 0 Å². The Morgan fingerprint density at radius 2 is 1.93 bits per heavy atom. The number of hydrogen-bond acceptors (Lipinski definition) is 5. The number of aromatic nitrogens is 3. The zero-order valence-electron chi connectivity index (χ0n) is 7.04. The van der Waals surface area contributed by atoms with Gasteiger partial charge in [0.2, 0.25) is 0 Å². The first-order valence-corrected chi connectivity index (χ1v) is 3.84. The van der Waals surface area contributed by atoms with Crippen molar-refractivity contribution >= 4 is 23.2 Å². The molecule has 0 atom stereocenters. The topological polar surface area (TPSA) is 80.9 Å². The first kappa shape index (κ1) is 8.36. The highest BCUT2D eigenvalue weighted by Crippen LogP contribution is 2.05. The molecule has 70 valence electrons. The predicted octanol–water partition coefficient (Wildman–Crippen LogP) is 0.0361. The zero-order valence-corrected chi connectivity index (χ0v) is 7.04. The lowest BCUT2D eigenvalue weighted by Gasteiger charge is -1.93. The minimum atomic E-state index is -0.815. The number of rotatable bonds is 2. The molecule has 0 bridgehead atoms. The maximum atomic E-state index is 10.7. The fourth-order valence-electron chi connectivity index (χ4n) is 0.988. The first-order valence-electron chi connectivity index (χ1n) is 3.84. The van der Waals surface area contributed by atoms with E-state index >= 15 is 0 Å². The SMILES string of the molecule is N=CC(=O)On1nc2ccccc2n1. The molecule has 0 fully saturated rings. The van der Waals surface area contributed by atoms with Crippen LogP contribution in [0.2, 0.25) is 0 Å². The molecule has 1 aromatic carbocycles. The summed E-state index contributed by atoms with van der Waals surface area (Å²) in [5, 5.41) is 14.3. The van der Waals surface area contributed by atoms with Crippen LogP contribution in [0.3, 0.4) is 0 Å². The molecule has 6 nitrogen and oxygen atoms in total. The molecule has 0 aliphatic heterocycles. The predicted molar refractivity (Wildman–Crippen MR) is 47.9 cm³/mol. The van der Waals surface area contributed by atoms with Crippen molar-refractivity contribution in [3.05, 3.63) is 24.3 Å². The molecule has 1 N–H and O–H groups in total. The molecular formula is C8H6N4O2. The molecule has 1 heterocycles. The number of carbonyl (C=O) groups is 1. The van der Waals surface area contributed by atoms with Crippen LogP contribution < -0.4 is 4.84 Å². The van der Waals surface area contributed by atoms with Gasteiger partial charge in [-0.15, -0.1) is 10.2 Å². The van der Waals surface area contributed by atoms with Crippen molar-refractivity contribution in [1.29, 1.82) is 5.41 Å². The molecule has 0 saturated heterocycles. The number of nitrogens with one attached hydrogen (secondary N) is 1. The lowest BCUT2D eigenvalue weighted by molar-refractivity contribution is -0.138. The van der Waals surface area contributed by atoms with Crippen LogP contribution >= 0.6 is 0 Å². The minimum Gasteiger partial charge on any atom is -0.301 e.